The molecular weight excluding hydrogens is 244 g/mol. The monoisotopic (exact) mass is 264 g/mol. The summed E-state index contributed by atoms with van der Waals surface area (Å²) in [4.78, 5) is 0. The van der Waals surface area contributed by atoms with Crippen molar-refractivity contribution in [3.63, 3.8) is 0 Å². The predicted octanol–water partition coefficient (Wildman–Crippen LogP) is 3.92. The van der Waals surface area contributed by atoms with Crippen molar-refractivity contribution in [2.75, 3.05) is 0 Å². The first-order valence-electron chi connectivity index (χ1n) is 6.97. The van der Waals surface area contributed by atoms with Gasteiger partial charge in [-0.15, -0.1) is 0 Å². The highest BCUT2D eigenvalue weighted by molar-refractivity contribution is 5.91. The topological polar surface area (TPSA) is 30.9 Å². The average molecular weight is 264 g/mol. The lowest BCUT2D eigenvalue weighted by atomic mass is 10.0. The van der Waals surface area contributed by atoms with Crippen molar-refractivity contribution in [1.82, 2.24) is 4.57 Å². The number of hydrogen-bond donors (Lipinski definition) is 1. The third kappa shape index (κ3) is 1.84. The Hall–Kier alpha value is -2.06. The number of aromatic nitrogens is 1. The van der Waals surface area contributed by atoms with Crippen molar-refractivity contribution in [1.29, 1.82) is 0 Å². The van der Waals surface area contributed by atoms with Crippen LogP contribution in [0.1, 0.15) is 16.7 Å². The molecule has 0 bridgehead atoms. The van der Waals surface area contributed by atoms with Gasteiger partial charge in [-0.05, 0) is 48.2 Å². The van der Waals surface area contributed by atoms with Crippen LogP contribution in [-0.4, -0.2) is 4.57 Å². The molecule has 2 nitrogen and oxygen atoms in total. The lowest BCUT2D eigenvalue weighted by Crippen LogP contribution is -2.00. The molecule has 0 spiro atoms. The van der Waals surface area contributed by atoms with Gasteiger partial charge >= 0.3 is 0 Å². The molecule has 1 heterocycles. The van der Waals surface area contributed by atoms with Crippen LogP contribution in [-0.2, 0) is 13.6 Å². The maximum Gasteiger partial charge on any atom is 0.0534 e. The van der Waals surface area contributed by atoms with Gasteiger partial charge in [-0.2, -0.15) is 0 Å². The number of nitrogens with zero attached hydrogens (tertiary/aromatic N) is 1. The molecule has 0 aliphatic heterocycles. The number of aryl methyl sites for hydroxylation is 3. The quantitative estimate of drug-likeness (QED) is 0.747. The highest BCUT2D eigenvalue weighted by atomic mass is 15.0. The van der Waals surface area contributed by atoms with E-state index in [1.54, 1.807) is 0 Å². The fourth-order valence-electron chi connectivity index (χ4n) is 2.93. The first kappa shape index (κ1) is 12.9. The Labute approximate surface area is 119 Å². The van der Waals surface area contributed by atoms with Crippen LogP contribution in [0.15, 0.2) is 42.5 Å². The minimum atomic E-state index is 0.559. The van der Waals surface area contributed by atoms with Gasteiger partial charge in [-0.3, -0.25) is 0 Å². The Kier molecular flexibility index (Phi) is 3.11. The van der Waals surface area contributed by atoms with Crippen LogP contribution >= 0.6 is 0 Å². The number of para-hydroxylation sites is 1. The summed E-state index contributed by atoms with van der Waals surface area (Å²) in [6, 6.07) is 15.1. The summed E-state index contributed by atoms with van der Waals surface area (Å²) in [5.41, 5.74) is 13.6. The molecular formula is C18H20N2. The molecule has 3 aromatic rings. The molecule has 2 heteroatoms. The van der Waals surface area contributed by atoms with E-state index in [0.29, 0.717) is 6.54 Å². The van der Waals surface area contributed by atoms with Gasteiger partial charge in [0, 0.05) is 24.5 Å². The maximum absolute atomic E-state index is 6.02. The van der Waals surface area contributed by atoms with Crippen molar-refractivity contribution in [3.8, 4) is 11.3 Å². The van der Waals surface area contributed by atoms with Crippen molar-refractivity contribution in [2.45, 2.75) is 20.4 Å². The second-order valence-electron chi connectivity index (χ2n) is 5.41. The van der Waals surface area contributed by atoms with E-state index < -0.39 is 0 Å². The van der Waals surface area contributed by atoms with Crippen LogP contribution in [0.2, 0.25) is 0 Å². The lowest BCUT2D eigenvalue weighted by Gasteiger charge is -2.09. The normalized spacial score (nSPS) is 11.2. The van der Waals surface area contributed by atoms with E-state index >= 15 is 0 Å². The molecule has 1 aromatic heterocycles. The Morgan fingerprint density at radius 2 is 1.75 bits per heavy atom. The summed E-state index contributed by atoms with van der Waals surface area (Å²) in [6.45, 7) is 4.86. The SMILES string of the molecule is Cc1ccc(-c2c(CN)c3ccccc3n2C)cc1C. The molecule has 2 N–H and O–H groups in total. The first-order chi connectivity index (χ1) is 9.63. The third-order valence-electron chi connectivity index (χ3n) is 4.20. The molecule has 0 saturated carbocycles. The zero-order chi connectivity index (χ0) is 14.3. The molecule has 3 rings (SSSR count). The summed E-state index contributed by atoms with van der Waals surface area (Å²) >= 11 is 0. The summed E-state index contributed by atoms with van der Waals surface area (Å²) < 4.78 is 2.25. The Morgan fingerprint density at radius 3 is 2.45 bits per heavy atom. The van der Waals surface area contributed by atoms with Crippen molar-refractivity contribution in [2.24, 2.45) is 12.8 Å². The zero-order valence-corrected chi connectivity index (χ0v) is 12.3. The molecule has 0 fully saturated rings. The van der Waals surface area contributed by atoms with E-state index in [2.05, 4.69) is 67.9 Å². The van der Waals surface area contributed by atoms with E-state index in [0.717, 1.165) is 0 Å². The fourth-order valence-corrected chi connectivity index (χ4v) is 2.93. The minimum absolute atomic E-state index is 0.559. The third-order valence-corrected chi connectivity index (χ3v) is 4.20. The molecule has 20 heavy (non-hydrogen) atoms. The first-order valence-corrected chi connectivity index (χ1v) is 6.97. The summed E-state index contributed by atoms with van der Waals surface area (Å²) in [7, 11) is 2.12. The van der Waals surface area contributed by atoms with E-state index in [1.807, 2.05) is 0 Å². The van der Waals surface area contributed by atoms with Crippen molar-refractivity contribution in [3.05, 3.63) is 59.2 Å². The van der Waals surface area contributed by atoms with Gasteiger partial charge < -0.3 is 10.3 Å². The lowest BCUT2D eigenvalue weighted by molar-refractivity contribution is 0.958. The van der Waals surface area contributed by atoms with E-state index in [-0.39, 0.29) is 0 Å². The highest BCUT2D eigenvalue weighted by Gasteiger charge is 2.15. The number of fused-ring (bicyclic) bond motifs is 1. The summed E-state index contributed by atoms with van der Waals surface area (Å²) in [6.07, 6.45) is 0. The number of rotatable bonds is 2. The van der Waals surface area contributed by atoms with Gasteiger partial charge in [0.25, 0.3) is 0 Å². The maximum atomic E-state index is 6.02. The van der Waals surface area contributed by atoms with Gasteiger partial charge in [0.1, 0.15) is 0 Å². The van der Waals surface area contributed by atoms with E-state index in [1.165, 1.54) is 38.9 Å². The van der Waals surface area contributed by atoms with Crippen LogP contribution in [0.3, 0.4) is 0 Å². The molecule has 0 radical (unpaired) electrons. The molecule has 0 unspecified atom stereocenters. The number of nitrogens with two attached hydrogens (primary N) is 1. The van der Waals surface area contributed by atoms with Gasteiger partial charge in [0.05, 0.1) is 5.69 Å². The molecule has 0 amide bonds. The second-order valence-corrected chi connectivity index (χ2v) is 5.41. The van der Waals surface area contributed by atoms with Crippen LogP contribution in [0.5, 0.6) is 0 Å². The van der Waals surface area contributed by atoms with E-state index in [4.69, 9.17) is 5.73 Å². The number of hydrogen-bond acceptors (Lipinski definition) is 1. The molecule has 102 valence electrons. The van der Waals surface area contributed by atoms with Gasteiger partial charge in [-0.1, -0.05) is 30.3 Å². The smallest absolute Gasteiger partial charge is 0.0534 e. The van der Waals surface area contributed by atoms with Gasteiger partial charge in [0.2, 0.25) is 0 Å². The predicted molar refractivity (Wildman–Crippen MR) is 85.7 cm³/mol. The summed E-state index contributed by atoms with van der Waals surface area (Å²) in [5.74, 6) is 0. The average Bonchev–Trinajstić information content (AvgIpc) is 2.75. The number of benzene rings is 2. The second kappa shape index (κ2) is 4.80. The van der Waals surface area contributed by atoms with Gasteiger partial charge in [-0.25, -0.2) is 0 Å². The molecule has 2 aromatic carbocycles. The highest BCUT2D eigenvalue weighted by Crippen LogP contribution is 2.33. The standard InChI is InChI=1S/C18H20N2/c1-12-8-9-14(10-13(12)2)18-16(11-19)15-6-4-5-7-17(15)20(18)3/h4-10H,11,19H2,1-3H3. The zero-order valence-electron chi connectivity index (χ0n) is 12.3. The van der Waals surface area contributed by atoms with E-state index in [9.17, 15) is 0 Å². The van der Waals surface area contributed by atoms with Crippen LogP contribution in [0.25, 0.3) is 22.2 Å². The Balaban J connectivity index is 2.35. The largest absolute Gasteiger partial charge is 0.343 e. The molecule has 0 aliphatic carbocycles. The van der Waals surface area contributed by atoms with Crippen molar-refractivity contribution < 1.29 is 0 Å². The van der Waals surface area contributed by atoms with Crippen molar-refractivity contribution >= 4 is 10.9 Å². The molecule has 0 atom stereocenters. The van der Waals surface area contributed by atoms with Crippen LogP contribution in [0.4, 0.5) is 0 Å². The molecule has 0 saturated heterocycles. The fraction of sp³-hybridized carbons (Fsp3) is 0.222. The summed E-state index contributed by atoms with van der Waals surface area (Å²) in [5, 5.41) is 1.26. The van der Waals surface area contributed by atoms with Gasteiger partial charge in [0.15, 0.2) is 0 Å². The molecule has 0 aliphatic rings. The Bertz CT molecular complexity index is 781. The minimum Gasteiger partial charge on any atom is -0.343 e. The Morgan fingerprint density at radius 1 is 1.00 bits per heavy atom. The van der Waals surface area contributed by atoms with Crippen LogP contribution in [0, 0.1) is 13.8 Å². The van der Waals surface area contributed by atoms with Crippen LogP contribution < -0.4 is 5.73 Å².